The molecule has 2 atom stereocenters. The molecule has 0 aromatic carbocycles. The lowest BCUT2D eigenvalue weighted by Crippen LogP contribution is -2.51. The summed E-state index contributed by atoms with van der Waals surface area (Å²) in [6.45, 7) is 1.01. The van der Waals surface area contributed by atoms with Gasteiger partial charge in [0.15, 0.2) is 0 Å². The minimum absolute atomic E-state index is 0.260. The highest BCUT2D eigenvalue weighted by Crippen LogP contribution is 2.32. The smallest absolute Gasteiger partial charge is 0.0556 e. The average molecular weight is 212 g/mol. The van der Waals surface area contributed by atoms with E-state index < -0.39 is 0 Å². The summed E-state index contributed by atoms with van der Waals surface area (Å²) in [4.78, 5) is 2.58. The minimum Gasteiger partial charge on any atom is -0.395 e. The van der Waals surface area contributed by atoms with Crippen LogP contribution in [0, 0.1) is 0 Å². The lowest BCUT2D eigenvalue weighted by atomic mass is 9.89. The third-order valence-corrected chi connectivity index (χ3v) is 3.89. The highest BCUT2D eigenvalue weighted by Gasteiger charge is 2.35. The van der Waals surface area contributed by atoms with Crippen LogP contribution in [0.3, 0.4) is 0 Å². The molecule has 2 rings (SSSR count). The van der Waals surface area contributed by atoms with Crippen LogP contribution in [-0.2, 0) is 0 Å². The predicted octanol–water partition coefficient (Wildman–Crippen LogP) is 0.974. The van der Waals surface area contributed by atoms with Crippen molar-refractivity contribution in [1.29, 1.82) is 0 Å². The van der Waals surface area contributed by atoms with Gasteiger partial charge in [-0.2, -0.15) is 0 Å². The van der Waals surface area contributed by atoms with Crippen LogP contribution in [0.5, 0.6) is 0 Å². The van der Waals surface area contributed by atoms with Crippen molar-refractivity contribution >= 4 is 0 Å². The zero-order valence-electron chi connectivity index (χ0n) is 9.78. The number of hydrogen-bond acceptors (Lipinski definition) is 3. The quantitative estimate of drug-likeness (QED) is 0.713. The lowest BCUT2D eigenvalue weighted by Gasteiger charge is -2.38. The Labute approximate surface area is 92.8 Å². The monoisotopic (exact) mass is 212 g/mol. The Bertz CT molecular complexity index is 194. The van der Waals surface area contributed by atoms with Gasteiger partial charge in [-0.05, 0) is 32.7 Å². The van der Waals surface area contributed by atoms with Crippen molar-refractivity contribution in [1.82, 2.24) is 10.2 Å². The van der Waals surface area contributed by atoms with Crippen molar-refractivity contribution in [3.8, 4) is 0 Å². The second-order valence-electron chi connectivity index (χ2n) is 5.03. The summed E-state index contributed by atoms with van der Waals surface area (Å²) < 4.78 is 0. The first-order valence-electron chi connectivity index (χ1n) is 6.39. The van der Waals surface area contributed by atoms with Gasteiger partial charge in [0.1, 0.15) is 0 Å². The van der Waals surface area contributed by atoms with Gasteiger partial charge >= 0.3 is 0 Å². The summed E-state index contributed by atoms with van der Waals surface area (Å²) in [6.07, 6.45) is 8.11. The Morgan fingerprint density at radius 3 is 2.60 bits per heavy atom. The molecule has 15 heavy (non-hydrogen) atoms. The standard InChI is InChI=1S/C12H24N2O/c1-14(10-6-7-10)12-5-3-2-4-11(12)13-8-9-15/h10-13,15H,2-9H2,1H3/t11-,12-/m0/s1. The van der Waals surface area contributed by atoms with Gasteiger partial charge in [-0.1, -0.05) is 12.8 Å². The van der Waals surface area contributed by atoms with Gasteiger partial charge in [-0.15, -0.1) is 0 Å². The van der Waals surface area contributed by atoms with E-state index in [9.17, 15) is 0 Å². The van der Waals surface area contributed by atoms with E-state index in [4.69, 9.17) is 5.11 Å². The van der Waals surface area contributed by atoms with Crippen LogP contribution in [0.4, 0.5) is 0 Å². The lowest BCUT2D eigenvalue weighted by molar-refractivity contribution is 0.137. The molecule has 0 unspecified atom stereocenters. The fourth-order valence-electron chi connectivity index (χ4n) is 2.84. The van der Waals surface area contributed by atoms with E-state index in [1.807, 2.05) is 0 Å². The van der Waals surface area contributed by atoms with Gasteiger partial charge in [0.2, 0.25) is 0 Å². The number of aliphatic hydroxyl groups is 1. The maximum absolute atomic E-state index is 8.87. The molecule has 3 nitrogen and oxygen atoms in total. The Morgan fingerprint density at radius 1 is 1.20 bits per heavy atom. The zero-order valence-corrected chi connectivity index (χ0v) is 9.78. The SMILES string of the molecule is CN(C1CC1)[C@H]1CCCC[C@@H]1NCCO. The van der Waals surface area contributed by atoms with E-state index in [-0.39, 0.29) is 6.61 Å². The van der Waals surface area contributed by atoms with Crippen LogP contribution in [0.25, 0.3) is 0 Å². The molecule has 2 saturated carbocycles. The van der Waals surface area contributed by atoms with Crippen LogP contribution in [-0.4, -0.2) is 48.3 Å². The Hall–Kier alpha value is -0.120. The molecule has 0 spiro atoms. The second kappa shape index (κ2) is 5.28. The first-order chi connectivity index (χ1) is 7.33. The number of hydrogen-bond donors (Lipinski definition) is 2. The fraction of sp³-hybridized carbons (Fsp3) is 1.00. The van der Waals surface area contributed by atoms with Gasteiger partial charge in [-0.3, -0.25) is 4.90 Å². The van der Waals surface area contributed by atoms with E-state index >= 15 is 0 Å². The molecule has 2 fully saturated rings. The maximum Gasteiger partial charge on any atom is 0.0556 e. The normalized spacial score (nSPS) is 32.2. The number of rotatable bonds is 5. The summed E-state index contributed by atoms with van der Waals surface area (Å²) in [7, 11) is 2.28. The molecule has 0 amide bonds. The molecule has 0 radical (unpaired) electrons. The Morgan fingerprint density at radius 2 is 1.93 bits per heavy atom. The summed E-state index contributed by atoms with van der Waals surface area (Å²) >= 11 is 0. The molecule has 0 aliphatic heterocycles. The van der Waals surface area contributed by atoms with Gasteiger partial charge in [-0.25, -0.2) is 0 Å². The van der Waals surface area contributed by atoms with E-state index in [2.05, 4.69) is 17.3 Å². The molecular formula is C12H24N2O. The summed E-state index contributed by atoms with van der Waals surface area (Å²) in [5.41, 5.74) is 0. The predicted molar refractivity (Wildman–Crippen MR) is 61.9 cm³/mol. The molecule has 0 saturated heterocycles. The fourth-order valence-corrected chi connectivity index (χ4v) is 2.84. The average Bonchev–Trinajstić information content (AvgIpc) is 3.09. The molecule has 0 heterocycles. The third-order valence-electron chi connectivity index (χ3n) is 3.89. The molecule has 2 aliphatic rings. The van der Waals surface area contributed by atoms with Gasteiger partial charge in [0, 0.05) is 24.7 Å². The van der Waals surface area contributed by atoms with Crippen molar-refractivity contribution in [2.45, 2.75) is 56.7 Å². The molecule has 0 aromatic heterocycles. The van der Waals surface area contributed by atoms with Crippen molar-refractivity contribution in [2.75, 3.05) is 20.2 Å². The topological polar surface area (TPSA) is 35.5 Å². The summed E-state index contributed by atoms with van der Waals surface area (Å²) in [5.74, 6) is 0. The molecule has 0 aromatic rings. The van der Waals surface area contributed by atoms with Crippen LogP contribution in [0.2, 0.25) is 0 Å². The molecular weight excluding hydrogens is 188 g/mol. The Kier molecular flexibility index (Phi) is 4.00. The van der Waals surface area contributed by atoms with Crippen molar-refractivity contribution < 1.29 is 5.11 Å². The van der Waals surface area contributed by atoms with Crippen LogP contribution in [0.15, 0.2) is 0 Å². The molecule has 88 valence electrons. The van der Waals surface area contributed by atoms with Crippen molar-refractivity contribution in [2.24, 2.45) is 0 Å². The highest BCUT2D eigenvalue weighted by atomic mass is 16.3. The first kappa shape index (κ1) is 11.4. The molecule has 3 heteroatoms. The summed E-state index contributed by atoms with van der Waals surface area (Å²) in [5, 5.41) is 12.4. The van der Waals surface area contributed by atoms with Crippen LogP contribution in [0.1, 0.15) is 38.5 Å². The van der Waals surface area contributed by atoms with Gasteiger partial charge in [0.25, 0.3) is 0 Å². The number of aliphatic hydroxyl groups excluding tert-OH is 1. The van der Waals surface area contributed by atoms with E-state index in [0.717, 1.165) is 12.6 Å². The largest absolute Gasteiger partial charge is 0.395 e. The van der Waals surface area contributed by atoms with Crippen LogP contribution >= 0.6 is 0 Å². The van der Waals surface area contributed by atoms with E-state index in [1.54, 1.807) is 0 Å². The van der Waals surface area contributed by atoms with Crippen molar-refractivity contribution in [3.05, 3.63) is 0 Å². The number of nitrogens with one attached hydrogen (secondary N) is 1. The highest BCUT2D eigenvalue weighted by molar-refractivity contribution is 4.93. The summed E-state index contributed by atoms with van der Waals surface area (Å²) in [6, 6.07) is 2.17. The zero-order chi connectivity index (χ0) is 10.7. The van der Waals surface area contributed by atoms with E-state index in [0.29, 0.717) is 12.1 Å². The van der Waals surface area contributed by atoms with Gasteiger partial charge in [0.05, 0.1) is 6.61 Å². The number of likely N-dealkylation sites (N-methyl/N-ethyl adjacent to an activating group) is 1. The second-order valence-corrected chi connectivity index (χ2v) is 5.03. The van der Waals surface area contributed by atoms with Crippen molar-refractivity contribution in [3.63, 3.8) is 0 Å². The Balaban J connectivity index is 1.86. The van der Waals surface area contributed by atoms with Crippen LogP contribution < -0.4 is 5.32 Å². The van der Waals surface area contributed by atoms with Gasteiger partial charge < -0.3 is 10.4 Å². The molecule has 2 N–H and O–H groups in total. The maximum atomic E-state index is 8.87. The van der Waals surface area contributed by atoms with E-state index in [1.165, 1.54) is 38.5 Å². The third kappa shape index (κ3) is 2.92. The minimum atomic E-state index is 0.260. The molecule has 2 aliphatic carbocycles. The first-order valence-corrected chi connectivity index (χ1v) is 6.39. The number of nitrogens with zero attached hydrogens (tertiary/aromatic N) is 1. The molecule has 0 bridgehead atoms.